The highest BCUT2D eigenvalue weighted by atomic mass is 14.9. The molecule has 0 saturated heterocycles. The maximum Gasteiger partial charge on any atom is 0.120 e. The Balaban J connectivity index is 1.77. The number of hydrogen-bond acceptors (Lipinski definition) is 3. The van der Waals surface area contributed by atoms with Gasteiger partial charge in [0.1, 0.15) is 11.8 Å². The van der Waals surface area contributed by atoms with Crippen LogP contribution in [0.5, 0.6) is 0 Å². The van der Waals surface area contributed by atoms with Crippen molar-refractivity contribution in [3.05, 3.63) is 53.6 Å². The number of nitrogens with zero attached hydrogens (tertiary/aromatic N) is 3. The standard InChI is InChI=1S/C14H16N4/c1-18-11-13(7-14(18)8-15)10-17-6-4-12-3-2-5-16-9-12/h2-3,5,7,9,11,17H,4,6,10H2,1H3. The van der Waals surface area contributed by atoms with Crippen LogP contribution in [-0.4, -0.2) is 16.1 Å². The van der Waals surface area contributed by atoms with Crippen molar-refractivity contribution in [2.45, 2.75) is 13.0 Å². The van der Waals surface area contributed by atoms with E-state index in [1.165, 1.54) is 5.56 Å². The average Bonchev–Trinajstić information content (AvgIpc) is 2.76. The zero-order valence-electron chi connectivity index (χ0n) is 10.4. The summed E-state index contributed by atoms with van der Waals surface area (Å²) in [6.07, 6.45) is 6.61. The molecular formula is C14H16N4. The molecule has 2 aromatic heterocycles. The van der Waals surface area contributed by atoms with Gasteiger partial charge in [0.2, 0.25) is 0 Å². The highest BCUT2D eigenvalue weighted by Crippen LogP contribution is 2.05. The Kier molecular flexibility index (Phi) is 4.11. The van der Waals surface area contributed by atoms with Crippen LogP contribution in [-0.2, 0) is 20.0 Å². The van der Waals surface area contributed by atoms with Crippen LogP contribution in [0.4, 0.5) is 0 Å². The molecule has 0 atom stereocenters. The molecule has 0 fully saturated rings. The van der Waals surface area contributed by atoms with Crippen LogP contribution in [0.15, 0.2) is 36.8 Å². The SMILES string of the molecule is Cn1cc(CNCCc2cccnc2)cc1C#N. The Morgan fingerprint density at radius 1 is 1.44 bits per heavy atom. The number of aryl methyl sites for hydroxylation is 1. The molecule has 0 radical (unpaired) electrons. The fourth-order valence-corrected chi connectivity index (χ4v) is 1.85. The summed E-state index contributed by atoms with van der Waals surface area (Å²) < 4.78 is 1.85. The van der Waals surface area contributed by atoms with Gasteiger partial charge in [-0.2, -0.15) is 5.26 Å². The molecule has 18 heavy (non-hydrogen) atoms. The number of aromatic nitrogens is 2. The molecule has 4 nitrogen and oxygen atoms in total. The van der Waals surface area contributed by atoms with Crippen LogP contribution in [0, 0.1) is 11.3 Å². The van der Waals surface area contributed by atoms with Crippen molar-refractivity contribution in [2.24, 2.45) is 7.05 Å². The van der Waals surface area contributed by atoms with Gasteiger partial charge in [-0.15, -0.1) is 0 Å². The van der Waals surface area contributed by atoms with Crippen LogP contribution >= 0.6 is 0 Å². The summed E-state index contributed by atoms with van der Waals surface area (Å²) in [6, 6.07) is 8.10. The Morgan fingerprint density at radius 2 is 2.33 bits per heavy atom. The minimum absolute atomic E-state index is 0.694. The van der Waals surface area contributed by atoms with Crippen molar-refractivity contribution < 1.29 is 0 Å². The third kappa shape index (κ3) is 3.19. The van der Waals surface area contributed by atoms with Crippen molar-refractivity contribution in [1.82, 2.24) is 14.9 Å². The summed E-state index contributed by atoms with van der Waals surface area (Å²) in [7, 11) is 1.89. The van der Waals surface area contributed by atoms with E-state index in [0.29, 0.717) is 5.69 Å². The number of hydrogen-bond donors (Lipinski definition) is 1. The Bertz CT molecular complexity index is 537. The molecular weight excluding hydrogens is 224 g/mol. The van der Waals surface area contributed by atoms with E-state index in [1.54, 1.807) is 6.20 Å². The quantitative estimate of drug-likeness (QED) is 0.808. The monoisotopic (exact) mass is 240 g/mol. The molecule has 0 unspecified atom stereocenters. The van der Waals surface area contributed by atoms with Gasteiger partial charge in [-0.05, 0) is 36.2 Å². The van der Waals surface area contributed by atoms with Crippen molar-refractivity contribution in [2.75, 3.05) is 6.54 Å². The summed E-state index contributed by atoms with van der Waals surface area (Å²) in [4.78, 5) is 4.08. The van der Waals surface area contributed by atoms with Gasteiger partial charge in [-0.25, -0.2) is 0 Å². The zero-order chi connectivity index (χ0) is 12.8. The van der Waals surface area contributed by atoms with Crippen LogP contribution in [0.1, 0.15) is 16.8 Å². The summed E-state index contributed by atoms with van der Waals surface area (Å²) in [5.41, 5.74) is 3.06. The van der Waals surface area contributed by atoms with Crippen LogP contribution in [0.2, 0.25) is 0 Å². The molecule has 0 aliphatic heterocycles. The Labute approximate surface area is 107 Å². The lowest BCUT2D eigenvalue weighted by molar-refractivity contribution is 0.685. The summed E-state index contributed by atoms with van der Waals surface area (Å²) in [5.74, 6) is 0. The van der Waals surface area contributed by atoms with E-state index in [0.717, 1.165) is 25.1 Å². The second-order valence-corrected chi connectivity index (χ2v) is 4.24. The van der Waals surface area contributed by atoms with Gasteiger partial charge in [-0.3, -0.25) is 4.98 Å². The normalized spacial score (nSPS) is 10.2. The number of nitriles is 1. The van der Waals surface area contributed by atoms with E-state index >= 15 is 0 Å². The molecule has 0 aromatic carbocycles. The van der Waals surface area contributed by atoms with Crippen LogP contribution in [0.3, 0.4) is 0 Å². The van der Waals surface area contributed by atoms with E-state index < -0.39 is 0 Å². The second-order valence-electron chi connectivity index (χ2n) is 4.24. The van der Waals surface area contributed by atoms with E-state index in [9.17, 15) is 0 Å². The maximum absolute atomic E-state index is 8.85. The summed E-state index contributed by atoms with van der Waals surface area (Å²) in [5, 5.41) is 12.2. The predicted molar refractivity (Wildman–Crippen MR) is 69.8 cm³/mol. The third-order valence-electron chi connectivity index (χ3n) is 2.82. The van der Waals surface area contributed by atoms with E-state index in [4.69, 9.17) is 5.26 Å². The Morgan fingerprint density at radius 3 is 3.00 bits per heavy atom. The molecule has 0 amide bonds. The molecule has 0 saturated carbocycles. The summed E-state index contributed by atoms with van der Waals surface area (Å²) in [6.45, 7) is 1.69. The largest absolute Gasteiger partial charge is 0.342 e. The lowest BCUT2D eigenvalue weighted by atomic mass is 10.2. The maximum atomic E-state index is 8.85. The highest BCUT2D eigenvalue weighted by Gasteiger charge is 2.01. The minimum atomic E-state index is 0.694. The van der Waals surface area contributed by atoms with Crippen molar-refractivity contribution >= 4 is 0 Å². The van der Waals surface area contributed by atoms with Gasteiger partial charge in [0.05, 0.1) is 0 Å². The molecule has 2 heterocycles. The molecule has 2 aromatic rings. The minimum Gasteiger partial charge on any atom is -0.342 e. The molecule has 0 spiro atoms. The van der Waals surface area contributed by atoms with Gasteiger partial charge in [0, 0.05) is 32.2 Å². The Hall–Kier alpha value is -2.12. The highest BCUT2D eigenvalue weighted by molar-refractivity contribution is 5.28. The first-order valence-electron chi connectivity index (χ1n) is 5.94. The molecule has 0 aliphatic carbocycles. The molecule has 92 valence electrons. The van der Waals surface area contributed by atoms with Crippen LogP contribution in [0.25, 0.3) is 0 Å². The molecule has 4 heteroatoms. The lowest BCUT2D eigenvalue weighted by Crippen LogP contribution is -2.16. The van der Waals surface area contributed by atoms with E-state index in [-0.39, 0.29) is 0 Å². The number of pyridine rings is 1. The molecule has 1 N–H and O–H groups in total. The van der Waals surface area contributed by atoms with E-state index in [1.807, 2.05) is 36.1 Å². The lowest BCUT2D eigenvalue weighted by Gasteiger charge is -2.02. The van der Waals surface area contributed by atoms with Gasteiger partial charge in [-0.1, -0.05) is 6.07 Å². The fourth-order valence-electron chi connectivity index (χ4n) is 1.85. The molecule has 2 rings (SSSR count). The van der Waals surface area contributed by atoms with Crippen molar-refractivity contribution in [3.63, 3.8) is 0 Å². The average molecular weight is 240 g/mol. The van der Waals surface area contributed by atoms with E-state index in [2.05, 4.69) is 22.4 Å². The fraction of sp³-hybridized carbons (Fsp3) is 0.286. The first kappa shape index (κ1) is 12.3. The zero-order valence-corrected chi connectivity index (χ0v) is 10.4. The summed E-state index contributed by atoms with van der Waals surface area (Å²) >= 11 is 0. The number of rotatable bonds is 5. The molecule has 0 bridgehead atoms. The van der Waals surface area contributed by atoms with Crippen molar-refractivity contribution in [1.29, 1.82) is 5.26 Å². The predicted octanol–water partition coefficient (Wildman–Crippen LogP) is 1.62. The van der Waals surface area contributed by atoms with Gasteiger partial charge in [0.15, 0.2) is 0 Å². The second kappa shape index (κ2) is 5.99. The van der Waals surface area contributed by atoms with Gasteiger partial charge in [0.25, 0.3) is 0 Å². The van der Waals surface area contributed by atoms with Crippen LogP contribution < -0.4 is 5.32 Å². The van der Waals surface area contributed by atoms with Gasteiger partial charge < -0.3 is 9.88 Å². The smallest absolute Gasteiger partial charge is 0.120 e. The topological polar surface area (TPSA) is 53.6 Å². The number of nitrogens with one attached hydrogen (secondary N) is 1. The first-order chi connectivity index (χ1) is 8.79. The third-order valence-corrected chi connectivity index (χ3v) is 2.82. The van der Waals surface area contributed by atoms with Crippen molar-refractivity contribution in [3.8, 4) is 6.07 Å². The first-order valence-corrected chi connectivity index (χ1v) is 5.94. The van der Waals surface area contributed by atoms with Gasteiger partial charge >= 0.3 is 0 Å². The molecule has 0 aliphatic rings.